The lowest BCUT2D eigenvalue weighted by Gasteiger charge is -2.31. The monoisotopic (exact) mass is 613 g/mol. The molecule has 2 N–H and O–H groups in total. The first-order valence-electron chi connectivity index (χ1n) is 13.7. The van der Waals surface area contributed by atoms with Gasteiger partial charge in [0.1, 0.15) is 28.7 Å². The molecule has 2 aromatic carbocycles. The molecule has 44 heavy (non-hydrogen) atoms. The van der Waals surface area contributed by atoms with Crippen LogP contribution < -0.4 is 20.1 Å². The highest BCUT2D eigenvalue weighted by Crippen LogP contribution is 2.40. The van der Waals surface area contributed by atoms with Gasteiger partial charge in [-0.1, -0.05) is 12.1 Å². The SMILES string of the molecule is COc1cc(C(=O)NC2CCN3CCN=C3C2)c(F)cc1Nc1ncc(C(F)(F)F)c(Oc2cccc3c2C(=O)N(C)C3)n1. The number of carbonyl (C=O) groups is 2. The van der Waals surface area contributed by atoms with Crippen molar-refractivity contribution in [2.24, 2.45) is 4.99 Å². The van der Waals surface area contributed by atoms with E-state index >= 15 is 4.39 Å². The van der Waals surface area contributed by atoms with Gasteiger partial charge in [0.15, 0.2) is 0 Å². The first-order valence-corrected chi connectivity index (χ1v) is 13.7. The van der Waals surface area contributed by atoms with Gasteiger partial charge in [0, 0.05) is 51.4 Å². The van der Waals surface area contributed by atoms with Crippen molar-refractivity contribution in [1.29, 1.82) is 0 Å². The van der Waals surface area contributed by atoms with E-state index in [1.54, 1.807) is 19.2 Å². The molecule has 1 atom stereocenters. The number of ether oxygens (including phenoxy) is 2. The van der Waals surface area contributed by atoms with E-state index in [2.05, 4.69) is 30.5 Å². The van der Waals surface area contributed by atoms with Crippen molar-refractivity contribution in [3.8, 4) is 17.4 Å². The number of alkyl halides is 3. The first-order chi connectivity index (χ1) is 21.0. The van der Waals surface area contributed by atoms with E-state index in [9.17, 15) is 22.8 Å². The summed E-state index contributed by atoms with van der Waals surface area (Å²) in [5.74, 6) is -2.33. The maximum Gasteiger partial charge on any atom is 0.423 e. The Morgan fingerprint density at radius 2 is 1.98 bits per heavy atom. The number of amides is 2. The minimum Gasteiger partial charge on any atom is -0.495 e. The molecule has 15 heteroatoms. The first kappa shape index (κ1) is 29.1. The van der Waals surface area contributed by atoms with Gasteiger partial charge in [0.05, 0.1) is 30.5 Å². The number of halogens is 4. The molecular formula is C29H27F4N7O4. The van der Waals surface area contributed by atoms with Crippen molar-refractivity contribution >= 4 is 29.3 Å². The molecule has 1 aromatic heterocycles. The van der Waals surface area contributed by atoms with E-state index in [0.29, 0.717) is 24.6 Å². The summed E-state index contributed by atoms with van der Waals surface area (Å²) in [7, 11) is 2.86. The third-order valence-corrected chi connectivity index (χ3v) is 7.67. The van der Waals surface area contributed by atoms with Crippen LogP contribution in [0.1, 0.15) is 44.7 Å². The molecule has 1 unspecified atom stereocenters. The number of benzene rings is 2. The number of rotatable bonds is 7. The van der Waals surface area contributed by atoms with Gasteiger partial charge in [-0.15, -0.1) is 0 Å². The average molecular weight is 614 g/mol. The fraction of sp³-hybridized carbons (Fsp3) is 0.345. The maximum absolute atomic E-state index is 15.2. The van der Waals surface area contributed by atoms with Crippen LogP contribution in [0.15, 0.2) is 41.5 Å². The maximum atomic E-state index is 15.2. The zero-order chi connectivity index (χ0) is 31.2. The lowest BCUT2D eigenvalue weighted by Crippen LogP contribution is -2.46. The fourth-order valence-electron chi connectivity index (χ4n) is 5.46. The number of methoxy groups -OCH3 is 1. The molecule has 0 spiro atoms. The average Bonchev–Trinajstić information content (AvgIpc) is 3.56. The number of aliphatic imine (C=N–C) groups is 1. The Morgan fingerprint density at radius 3 is 2.75 bits per heavy atom. The number of aromatic nitrogens is 2. The third-order valence-electron chi connectivity index (χ3n) is 7.67. The van der Waals surface area contributed by atoms with Gasteiger partial charge in [-0.3, -0.25) is 14.6 Å². The van der Waals surface area contributed by atoms with Gasteiger partial charge >= 0.3 is 6.18 Å². The molecule has 0 aliphatic carbocycles. The van der Waals surface area contributed by atoms with Gasteiger partial charge in [0.2, 0.25) is 11.8 Å². The predicted octanol–water partition coefficient (Wildman–Crippen LogP) is 4.37. The van der Waals surface area contributed by atoms with Crippen LogP contribution in [0.2, 0.25) is 0 Å². The molecule has 11 nitrogen and oxygen atoms in total. The van der Waals surface area contributed by atoms with Crippen LogP contribution in [0, 0.1) is 5.82 Å². The molecule has 3 aliphatic heterocycles. The molecule has 0 saturated carbocycles. The number of hydrogen-bond donors (Lipinski definition) is 2. The second kappa shape index (κ2) is 11.3. The summed E-state index contributed by atoms with van der Waals surface area (Å²) in [4.78, 5) is 41.3. The van der Waals surface area contributed by atoms with Gasteiger partial charge in [-0.05, 0) is 24.1 Å². The van der Waals surface area contributed by atoms with Gasteiger partial charge in [0.25, 0.3) is 11.8 Å². The smallest absolute Gasteiger partial charge is 0.423 e. The normalized spacial score (nSPS) is 17.6. The van der Waals surface area contributed by atoms with Crippen LogP contribution in [0.3, 0.4) is 0 Å². The number of hydrogen-bond acceptors (Lipinski definition) is 9. The zero-order valence-electron chi connectivity index (χ0n) is 23.7. The molecule has 3 aromatic rings. The van der Waals surface area contributed by atoms with Gasteiger partial charge in [-0.2, -0.15) is 18.2 Å². The number of nitrogens with zero attached hydrogens (tertiary/aromatic N) is 5. The fourth-order valence-corrected chi connectivity index (χ4v) is 5.46. The molecule has 1 fully saturated rings. The van der Waals surface area contributed by atoms with Crippen molar-refractivity contribution in [3.63, 3.8) is 0 Å². The minimum atomic E-state index is -4.88. The van der Waals surface area contributed by atoms with Crippen LogP contribution in [0.4, 0.5) is 29.2 Å². The standard InChI is InChI=1S/C29H27F4N7O4/c1-39-14-15-4-3-5-21(24(15)27(39)42)44-26-18(29(31,32)33)13-35-28(38-26)37-20-12-19(30)17(11-22(20)43-2)25(41)36-16-6-8-40-9-7-34-23(40)10-16/h3-5,11-13,16H,6-10,14H2,1-2H3,(H,36,41)(H,35,37,38). The Morgan fingerprint density at radius 1 is 1.16 bits per heavy atom. The number of nitrogens with one attached hydrogen (secondary N) is 2. The Balaban J connectivity index is 1.25. The van der Waals surface area contributed by atoms with Crippen LogP contribution in [-0.2, 0) is 12.7 Å². The Hall–Kier alpha value is -4.95. The number of carbonyl (C=O) groups excluding carboxylic acids is 2. The highest BCUT2D eigenvalue weighted by molar-refractivity contribution is 6.01. The summed E-state index contributed by atoms with van der Waals surface area (Å²) in [6, 6.07) is 6.56. The molecule has 2 amide bonds. The van der Waals surface area contributed by atoms with Crippen LogP contribution in [0.25, 0.3) is 0 Å². The molecule has 230 valence electrons. The van der Waals surface area contributed by atoms with Crippen molar-refractivity contribution < 1.29 is 36.6 Å². The summed E-state index contributed by atoms with van der Waals surface area (Å²) < 4.78 is 67.8. The second-order valence-corrected chi connectivity index (χ2v) is 10.6. The minimum absolute atomic E-state index is 0.0204. The van der Waals surface area contributed by atoms with Crippen LogP contribution in [0.5, 0.6) is 17.4 Å². The molecule has 4 heterocycles. The molecule has 0 bridgehead atoms. The van der Waals surface area contributed by atoms with Gasteiger partial charge < -0.3 is 29.9 Å². The number of amidine groups is 1. The summed E-state index contributed by atoms with van der Waals surface area (Å²) in [6.45, 7) is 2.61. The lowest BCUT2D eigenvalue weighted by atomic mass is 10.0. The van der Waals surface area contributed by atoms with Crippen molar-refractivity contribution in [3.05, 3.63) is 64.6 Å². The summed E-state index contributed by atoms with van der Waals surface area (Å²) in [5, 5.41) is 5.49. The van der Waals surface area contributed by atoms with E-state index in [1.165, 1.54) is 24.1 Å². The van der Waals surface area contributed by atoms with E-state index < -0.39 is 35.3 Å². The van der Waals surface area contributed by atoms with Crippen LogP contribution in [-0.4, -0.2) is 77.3 Å². The predicted molar refractivity (Wildman–Crippen MR) is 150 cm³/mol. The summed E-state index contributed by atoms with van der Waals surface area (Å²) in [6.07, 6.45) is -3.12. The topological polar surface area (TPSA) is 121 Å². The van der Waals surface area contributed by atoms with Crippen molar-refractivity contribution in [2.45, 2.75) is 31.6 Å². The number of fused-ring (bicyclic) bond motifs is 2. The van der Waals surface area contributed by atoms with E-state index in [4.69, 9.17) is 9.47 Å². The van der Waals surface area contributed by atoms with E-state index in [-0.39, 0.29) is 46.8 Å². The number of anilines is 2. The summed E-state index contributed by atoms with van der Waals surface area (Å²) in [5.41, 5.74) is -0.862. The molecule has 6 rings (SSSR count). The highest BCUT2D eigenvalue weighted by atomic mass is 19.4. The Labute approximate surface area is 248 Å². The van der Waals surface area contributed by atoms with Crippen molar-refractivity contribution in [2.75, 3.05) is 39.1 Å². The Kier molecular flexibility index (Phi) is 7.47. The molecule has 3 aliphatic rings. The molecular weight excluding hydrogens is 586 g/mol. The molecule has 0 radical (unpaired) electrons. The summed E-state index contributed by atoms with van der Waals surface area (Å²) >= 11 is 0. The van der Waals surface area contributed by atoms with E-state index in [1.807, 2.05) is 0 Å². The number of piperidine rings is 1. The van der Waals surface area contributed by atoms with E-state index in [0.717, 1.165) is 31.5 Å². The van der Waals surface area contributed by atoms with Crippen LogP contribution >= 0.6 is 0 Å². The zero-order valence-corrected chi connectivity index (χ0v) is 23.7. The van der Waals surface area contributed by atoms with Gasteiger partial charge in [-0.25, -0.2) is 9.37 Å². The molecule has 1 saturated heterocycles. The lowest BCUT2D eigenvalue weighted by molar-refractivity contribution is -0.139. The Bertz CT molecular complexity index is 1680. The third kappa shape index (κ3) is 5.56. The largest absolute Gasteiger partial charge is 0.495 e. The highest BCUT2D eigenvalue weighted by Gasteiger charge is 2.38. The van der Waals surface area contributed by atoms with Crippen molar-refractivity contribution in [1.82, 2.24) is 25.1 Å². The second-order valence-electron chi connectivity index (χ2n) is 10.6. The quantitative estimate of drug-likeness (QED) is 0.377.